The van der Waals surface area contributed by atoms with Crippen LogP contribution in [0.1, 0.15) is 58.9 Å². The van der Waals surface area contributed by atoms with Gasteiger partial charge in [-0.2, -0.15) is 4.31 Å². The summed E-state index contributed by atoms with van der Waals surface area (Å²) in [5, 5.41) is 2.96. The van der Waals surface area contributed by atoms with Gasteiger partial charge in [-0.05, 0) is 73.6 Å². The maximum atomic E-state index is 12.9. The molecule has 0 bridgehead atoms. The predicted octanol–water partition coefficient (Wildman–Crippen LogP) is 3.27. The average molecular weight is 470 g/mol. The number of amides is 2. The fourth-order valence-corrected chi connectivity index (χ4v) is 5.44. The zero-order valence-corrected chi connectivity index (χ0v) is 20.0. The van der Waals surface area contributed by atoms with Crippen molar-refractivity contribution in [2.75, 3.05) is 20.1 Å². The van der Waals surface area contributed by atoms with Crippen molar-refractivity contribution in [2.45, 2.75) is 50.1 Å². The van der Waals surface area contributed by atoms with Gasteiger partial charge in [0.1, 0.15) is 0 Å². The van der Waals surface area contributed by atoms with Crippen LogP contribution in [0, 0.1) is 5.92 Å². The molecule has 1 heterocycles. The number of rotatable bonds is 7. The van der Waals surface area contributed by atoms with Gasteiger partial charge >= 0.3 is 0 Å². The van der Waals surface area contributed by atoms with E-state index in [9.17, 15) is 18.0 Å². The molecular formula is C25H31N3O4S. The monoisotopic (exact) mass is 469 g/mol. The minimum atomic E-state index is -3.54. The number of hydrogen-bond acceptors (Lipinski definition) is 4. The van der Waals surface area contributed by atoms with Gasteiger partial charge in [0.2, 0.25) is 10.0 Å². The van der Waals surface area contributed by atoms with Crippen molar-refractivity contribution in [3.63, 3.8) is 0 Å². The molecule has 1 saturated carbocycles. The van der Waals surface area contributed by atoms with Gasteiger partial charge in [0.25, 0.3) is 11.8 Å². The highest BCUT2D eigenvalue weighted by Gasteiger charge is 2.28. The zero-order chi connectivity index (χ0) is 23.6. The highest BCUT2D eigenvalue weighted by molar-refractivity contribution is 7.89. The smallest absolute Gasteiger partial charge is 0.253 e. The van der Waals surface area contributed by atoms with Gasteiger partial charge in [0, 0.05) is 43.9 Å². The van der Waals surface area contributed by atoms with Gasteiger partial charge in [0.15, 0.2) is 0 Å². The molecule has 2 aromatic carbocycles. The van der Waals surface area contributed by atoms with Crippen LogP contribution in [0.4, 0.5) is 0 Å². The summed E-state index contributed by atoms with van der Waals surface area (Å²) in [5.74, 6) is 0.284. The minimum Gasteiger partial charge on any atom is -0.349 e. The molecule has 0 atom stereocenters. The summed E-state index contributed by atoms with van der Waals surface area (Å²) in [6.45, 7) is 3.60. The first kappa shape index (κ1) is 23.4. The van der Waals surface area contributed by atoms with Crippen molar-refractivity contribution >= 4 is 21.8 Å². The average Bonchev–Trinajstić information content (AvgIpc) is 3.63. The molecular weight excluding hydrogens is 438 g/mol. The molecule has 1 aliphatic carbocycles. The second-order valence-electron chi connectivity index (χ2n) is 9.22. The molecule has 0 unspecified atom stereocenters. The number of benzene rings is 2. The minimum absolute atomic E-state index is 0.0670. The topological polar surface area (TPSA) is 86.8 Å². The Kier molecular flexibility index (Phi) is 6.86. The standard InChI is InChI=1S/C25H31N3O4S/c1-18-13-15-28(16-14-18)33(31,32)23-11-7-21(8-12-23)25(30)27(2)17-19-3-5-20(6-4-19)24(29)26-22-9-10-22/h3-8,11-12,18,22H,9-10,13-17H2,1-2H3,(H,26,29). The Hall–Kier alpha value is -2.71. The largest absolute Gasteiger partial charge is 0.349 e. The normalized spacial score (nSPS) is 17.5. The molecule has 4 rings (SSSR count). The summed E-state index contributed by atoms with van der Waals surface area (Å²) < 4.78 is 27.3. The van der Waals surface area contributed by atoms with E-state index in [0.29, 0.717) is 42.7 Å². The van der Waals surface area contributed by atoms with E-state index in [4.69, 9.17) is 0 Å². The Morgan fingerprint density at radius 2 is 1.52 bits per heavy atom. The van der Waals surface area contributed by atoms with E-state index >= 15 is 0 Å². The maximum Gasteiger partial charge on any atom is 0.253 e. The fourth-order valence-electron chi connectivity index (χ4n) is 3.97. The van der Waals surface area contributed by atoms with Crippen LogP contribution in [0.25, 0.3) is 0 Å². The lowest BCUT2D eigenvalue weighted by molar-refractivity contribution is 0.0784. The highest BCUT2D eigenvalue weighted by atomic mass is 32.2. The second-order valence-corrected chi connectivity index (χ2v) is 11.2. The number of nitrogens with zero attached hydrogens (tertiary/aromatic N) is 2. The summed E-state index contributed by atoms with van der Waals surface area (Å²) >= 11 is 0. The Labute approximate surface area is 195 Å². The van der Waals surface area contributed by atoms with E-state index in [-0.39, 0.29) is 16.7 Å². The quantitative estimate of drug-likeness (QED) is 0.674. The number of nitrogens with one attached hydrogen (secondary N) is 1. The van der Waals surface area contributed by atoms with Crippen LogP contribution in [0.5, 0.6) is 0 Å². The van der Waals surface area contributed by atoms with Crippen molar-refractivity contribution < 1.29 is 18.0 Å². The molecule has 0 aromatic heterocycles. The van der Waals surface area contributed by atoms with Crippen LogP contribution in [-0.2, 0) is 16.6 Å². The third kappa shape index (κ3) is 5.62. The molecule has 2 fully saturated rings. The Balaban J connectivity index is 1.37. The fraction of sp³-hybridized carbons (Fsp3) is 0.440. The molecule has 2 aliphatic rings. The first-order valence-electron chi connectivity index (χ1n) is 11.5. The van der Waals surface area contributed by atoms with Crippen molar-refractivity contribution in [1.82, 2.24) is 14.5 Å². The molecule has 2 aromatic rings. The van der Waals surface area contributed by atoms with Crippen LogP contribution in [-0.4, -0.2) is 55.6 Å². The van der Waals surface area contributed by atoms with Crippen LogP contribution >= 0.6 is 0 Å². The van der Waals surface area contributed by atoms with E-state index in [0.717, 1.165) is 31.2 Å². The van der Waals surface area contributed by atoms with Crippen molar-refractivity contribution in [3.05, 3.63) is 65.2 Å². The number of carbonyl (C=O) groups excluding carboxylic acids is 2. The van der Waals surface area contributed by atoms with Gasteiger partial charge in [-0.15, -0.1) is 0 Å². The number of piperidine rings is 1. The van der Waals surface area contributed by atoms with Crippen molar-refractivity contribution in [3.8, 4) is 0 Å². The molecule has 7 nitrogen and oxygen atoms in total. The Morgan fingerprint density at radius 3 is 2.09 bits per heavy atom. The first-order valence-corrected chi connectivity index (χ1v) is 12.9. The predicted molar refractivity (Wildman–Crippen MR) is 126 cm³/mol. The highest BCUT2D eigenvalue weighted by Crippen LogP contribution is 2.24. The Morgan fingerprint density at radius 1 is 0.939 bits per heavy atom. The van der Waals surface area contributed by atoms with E-state index in [1.165, 1.54) is 16.4 Å². The van der Waals surface area contributed by atoms with Crippen LogP contribution in [0.15, 0.2) is 53.4 Å². The lowest BCUT2D eigenvalue weighted by atomic mass is 10.0. The van der Waals surface area contributed by atoms with E-state index < -0.39 is 10.0 Å². The summed E-state index contributed by atoms with van der Waals surface area (Å²) in [6.07, 6.45) is 3.82. The van der Waals surface area contributed by atoms with Gasteiger partial charge in [-0.1, -0.05) is 19.1 Å². The Bertz CT molecular complexity index is 1100. The lowest BCUT2D eigenvalue weighted by Gasteiger charge is -2.29. The third-order valence-electron chi connectivity index (χ3n) is 6.38. The van der Waals surface area contributed by atoms with Crippen LogP contribution < -0.4 is 5.32 Å². The maximum absolute atomic E-state index is 12.9. The molecule has 0 radical (unpaired) electrons. The first-order chi connectivity index (χ1) is 15.7. The number of hydrogen-bond donors (Lipinski definition) is 1. The molecule has 0 spiro atoms. The van der Waals surface area contributed by atoms with Crippen LogP contribution in [0.2, 0.25) is 0 Å². The number of sulfonamides is 1. The summed E-state index contributed by atoms with van der Waals surface area (Å²) in [6, 6.07) is 13.7. The van der Waals surface area contributed by atoms with Gasteiger partial charge in [-0.3, -0.25) is 9.59 Å². The molecule has 2 amide bonds. The van der Waals surface area contributed by atoms with E-state index in [2.05, 4.69) is 12.2 Å². The third-order valence-corrected chi connectivity index (χ3v) is 8.29. The molecule has 1 N–H and O–H groups in total. The summed E-state index contributed by atoms with van der Waals surface area (Å²) in [4.78, 5) is 26.8. The van der Waals surface area contributed by atoms with Gasteiger partial charge < -0.3 is 10.2 Å². The molecule has 33 heavy (non-hydrogen) atoms. The van der Waals surface area contributed by atoms with Crippen molar-refractivity contribution in [2.24, 2.45) is 5.92 Å². The lowest BCUT2D eigenvalue weighted by Crippen LogP contribution is -2.37. The van der Waals surface area contributed by atoms with Crippen molar-refractivity contribution in [1.29, 1.82) is 0 Å². The van der Waals surface area contributed by atoms with E-state index in [1.54, 1.807) is 36.2 Å². The van der Waals surface area contributed by atoms with E-state index in [1.807, 2.05) is 12.1 Å². The SMILES string of the molecule is CC1CCN(S(=O)(=O)c2ccc(C(=O)N(C)Cc3ccc(C(=O)NC4CC4)cc3)cc2)CC1. The molecule has 1 saturated heterocycles. The number of carbonyl (C=O) groups is 2. The summed E-state index contributed by atoms with van der Waals surface area (Å²) in [5.41, 5.74) is 1.95. The second kappa shape index (κ2) is 9.65. The molecule has 8 heteroatoms. The van der Waals surface area contributed by atoms with Gasteiger partial charge in [-0.25, -0.2) is 8.42 Å². The molecule has 176 valence electrons. The van der Waals surface area contributed by atoms with Crippen LogP contribution in [0.3, 0.4) is 0 Å². The van der Waals surface area contributed by atoms with Gasteiger partial charge in [0.05, 0.1) is 4.90 Å². The zero-order valence-electron chi connectivity index (χ0n) is 19.2. The molecule has 1 aliphatic heterocycles. The summed E-state index contributed by atoms with van der Waals surface area (Å²) in [7, 11) is -1.83.